The van der Waals surface area contributed by atoms with Crippen LogP contribution in [0.1, 0.15) is 140 Å². The monoisotopic (exact) mass is 1430 g/mol. The Hall–Kier alpha value is -7.66. The molecular formula is C68H94ClF8N11O11. The number of carbonyl (C=O) groups excluding carboxylic acids is 11. The van der Waals surface area contributed by atoms with Crippen LogP contribution < -0.4 is 16.0 Å². The SMILES string of the molecule is CC[C@H](C)[C@@H]1NC(=O)[C@H](CC(C)C)N(C)C(=O)C[C@@H](C)N(C)C(=O)[C@H](C2CCCCC2)N(C)C(=O)C2(CCC2)NC(=O)C2CC(F)(F)CN2C(=O)[C@H](CCc2ccc(C(F)(F)F)c(Cl)c2)NC(=O)CN(C)C(=O)[C@H](Cc2ccc(C(F)(F)F)cc2)N(C)C(=O)CN(C)C(=O)CN(C)C1=O. The molecule has 0 bridgehead atoms. The molecule has 11 amide bonds. The molecule has 3 N–H and O–H groups in total. The van der Waals surface area contributed by atoms with Gasteiger partial charge in [0, 0.05) is 74.6 Å². The highest BCUT2D eigenvalue weighted by Crippen LogP contribution is 2.40. The van der Waals surface area contributed by atoms with Gasteiger partial charge in [-0.1, -0.05) is 83.2 Å². The summed E-state index contributed by atoms with van der Waals surface area (Å²) in [7, 11) is 9.07. The Morgan fingerprint density at radius 1 is 0.626 bits per heavy atom. The standard InChI is InChI=1S/C68H94ClF8N11O11/c1-13-40(4)56-62(97)83(8)36-54(91)81(6)37-55(92)86(11)50(33-43-20-24-45(25-21-43)67(72,73)74)61(96)82(7)35-52(89)78-48(27-23-42-22-26-46(47(69)32-42)68(75,76)77)60(95)88-38-66(70,71)34-51(88)59(94)80-65(28-17-29-65)64(99)87(12)57(44-18-15-14-16-19-44)63(98)84(9)41(5)31-53(90)85(10)49(30-39(2)3)58(93)79-56/h20-22,24-26,32,39-41,44,48-51,56-57H,13-19,23,27-31,33-38H2,1-12H3,(H,78,89)(H,79,93)(H,80,94)/t40-,41+,48-,49-,50-,51?,56-,57-/m0/s1. The summed E-state index contributed by atoms with van der Waals surface area (Å²) in [5.74, 6) is -14.5. The van der Waals surface area contributed by atoms with E-state index in [9.17, 15) is 64.7 Å². The number of amides is 11. The van der Waals surface area contributed by atoms with Gasteiger partial charge in [-0.25, -0.2) is 8.78 Å². The van der Waals surface area contributed by atoms with E-state index in [0.717, 1.165) is 76.5 Å². The predicted octanol–water partition coefficient (Wildman–Crippen LogP) is 6.58. The normalized spacial score (nSPS) is 25.6. The van der Waals surface area contributed by atoms with Crippen molar-refractivity contribution >= 4 is 76.6 Å². The maximum absolute atomic E-state index is 16.0. The van der Waals surface area contributed by atoms with Gasteiger partial charge in [0.1, 0.15) is 41.8 Å². The Labute approximate surface area is 577 Å². The van der Waals surface area contributed by atoms with Crippen molar-refractivity contribution in [1.82, 2.24) is 55.1 Å². The van der Waals surface area contributed by atoms with Crippen LogP contribution in [0, 0.1) is 17.8 Å². The maximum atomic E-state index is 16.0. The van der Waals surface area contributed by atoms with Crippen LogP contribution in [0.2, 0.25) is 5.02 Å². The molecule has 0 radical (unpaired) electrons. The number of benzene rings is 2. The average Bonchev–Trinajstić information content (AvgIpc) is 1.51. The molecule has 8 atom stereocenters. The third-order valence-electron chi connectivity index (χ3n) is 19.9. The van der Waals surface area contributed by atoms with Gasteiger partial charge >= 0.3 is 12.4 Å². The summed E-state index contributed by atoms with van der Waals surface area (Å²) in [6, 6.07) is -3.72. The average molecular weight is 1430 g/mol. The fourth-order valence-corrected chi connectivity index (χ4v) is 13.5. The summed E-state index contributed by atoms with van der Waals surface area (Å²) in [6.45, 7) is 4.98. The van der Waals surface area contributed by atoms with Gasteiger partial charge in [-0.05, 0) is 111 Å². The van der Waals surface area contributed by atoms with Gasteiger partial charge in [-0.3, -0.25) is 52.7 Å². The number of aryl methyl sites for hydroxylation is 1. The molecule has 2 saturated carbocycles. The number of carbonyl (C=O) groups is 11. The number of fused-ring (bicyclic) bond motifs is 1. The lowest BCUT2D eigenvalue weighted by molar-refractivity contribution is -0.156. The molecule has 2 aliphatic carbocycles. The summed E-state index contributed by atoms with van der Waals surface area (Å²) >= 11 is 6.05. The van der Waals surface area contributed by atoms with Gasteiger partial charge in [-0.2, -0.15) is 26.3 Å². The van der Waals surface area contributed by atoms with Crippen LogP contribution in [-0.2, 0) is 77.9 Å². The Morgan fingerprint density at radius 2 is 1.21 bits per heavy atom. The number of alkyl halides is 8. The first kappa shape index (κ1) is 80.3. The van der Waals surface area contributed by atoms with Crippen LogP contribution >= 0.6 is 11.6 Å². The molecular weight excluding hydrogens is 1330 g/mol. The second-order valence-corrected chi connectivity index (χ2v) is 28.2. The van der Waals surface area contributed by atoms with Gasteiger partial charge in [0.2, 0.25) is 65.0 Å². The van der Waals surface area contributed by atoms with Crippen LogP contribution in [0.4, 0.5) is 35.1 Å². The first-order chi connectivity index (χ1) is 46.0. The second-order valence-electron chi connectivity index (χ2n) is 27.8. The minimum atomic E-state index is -4.87. The van der Waals surface area contributed by atoms with Gasteiger partial charge in [-0.15, -0.1) is 0 Å². The minimum absolute atomic E-state index is 0.0157. The van der Waals surface area contributed by atoms with Crippen molar-refractivity contribution in [3.63, 3.8) is 0 Å². The summed E-state index contributed by atoms with van der Waals surface area (Å²) in [4.78, 5) is 169. The number of hydrogen-bond acceptors (Lipinski definition) is 11. The van der Waals surface area contributed by atoms with Crippen LogP contribution in [0.5, 0.6) is 0 Å². The van der Waals surface area contributed by atoms with E-state index in [-0.39, 0.29) is 49.1 Å². The van der Waals surface area contributed by atoms with Crippen molar-refractivity contribution < 1.29 is 87.9 Å². The van der Waals surface area contributed by atoms with Gasteiger partial charge < -0.3 is 55.1 Å². The molecule has 4 fully saturated rings. The Bertz CT molecular complexity index is 3300. The third kappa shape index (κ3) is 20.1. The first-order valence-corrected chi connectivity index (χ1v) is 33.8. The summed E-state index contributed by atoms with van der Waals surface area (Å²) in [6.07, 6.45) is -8.52. The molecule has 2 aromatic rings. The topological polar surface area (TPSA) is 250 Å². The fourth-order valence-electron chi connectivity index (χ4n) is 13.2. The smallest absolute Gasteiger partial charge is 0.343 e. The number of nitrogens with zero attached hydrogens (tertiary/aromatic N) is 8. The molecule has 4 aliphatic rings. The van der Waals surface area contributed by atoms with Gasteiger partial charge in [0.05, 0.1) is 42.3 Å². The molecule has 1 unspecified atom stereocenters. The van der Waals surface area contributed by atoms with Gasteiger partial charge in [0.15, 0.2) is 0 Å². The lowest BCUT2D eigenvalue weighted by Crippen LogP contribution is -2.68. The molecule has 6 rings (SSSR count). The third-order valence-corrected chi connectivity index (χ3v) is 20.2. The van der Waals surface area contributed by atoms with Crippen molar-refractivity contribution in [2.24, 2.45) is 17.8 Å². The highest BCUT2D eigenvalue weighted by molar-refractivity contribution is 6.31. The van der Waals surface area contributed by atoms with Crippen molar-refractivity contribution in [2.45, 2.75) is 197 Å². The van der Waals surface area contributed by atoms with Crippen molar-refractivity contribution in [2.75, 3.05) is 75.5 Å². The number of hydrogen-bond donors (Lipinski definition) is 3. The van der Waals surface area contributed by atoms with E-state index in [1.165, 1.54) is 49.9 Å². The van der Waals surface area contributed by atoms with Crippen LogP contribution in [0.3, 0.4) is 0 Å². The Balaban J connectivity index is 1.43. The molecule has 31 heteroatoms. The van der Waals surface area contributed by atoms with E-state index in [0.29, 0.717) is 49.5 Å². The Kier molecular flexibility index (Phi) is 26.9. The molecule has 550 valence electrons. The zero-order valence-corrected chi connectivity index (χ0v) is 59.0. The van der Waals surface area contributed by atoms with Crippen molar-refractivity contribution in [1.29, 1.82) is 0 Å². The van der Waals surface area contributed by atoms with Crippen LogP contribution in [0.25, 0.3) is 0 Å². The number of likely N-dealkylation sites (N-methyl/N-ethyl adjacent to an activating group) is 7. The predicted molar refractivity (Wildman–Crippen MR) is 348 cm³/mol. The van der Waals surface area contributed by atoms with Crippen LogP contribution in [-0.4, -0.2) is 233 Å². The molecule has 2 saturated heterocycles. The summed E-state index contributed by atoms with van der Waals surface area (Å²) in [5, 5.41) is 7.20. The van der Waals surface area contributed by atoms with Gasteiger partial charge in [0.25, 0.3) is 5.92 Å². The van der Waals surface area contributed by atoms with E-state index in [1.54, 1.807) is 20.8 Å². The quantitative estimate of drug-likeness (QED) is 0.215. The number of nitrogens with one attached hydrogen (secondary N) is 3. The van der Waals surface area contributed by atoms with E-state index in [4.69, 9.17) is 11.6 Å². The van der Waals surface area contributed by atoms with E-state index < -0.39 is 205 Å². The summed E-state index contributed by atoms with van der Waals surface area (Å²) < 4.78 is 115. The fraction of sp³-hybridized carbons (Fsp3) is 0.662. The van der Waals surface area contributed by atoms with E-state index in [2.05, 4.69) is 16.0 Å². The van der Waals surface area contributed by atoms with E-state index >= 15 is 23.2 Å². The van der Waals surface area contributed by atoms with Crippen molar-refractivity contribution in [3.05, 3.63) is 69.7 Å². The number of halogens is 9. The molecule has 1 spiro atoms. The second kappa shape index (κ2) is 33.2. The minimum Gasteiger partial charge on any atom is -0.343 e. The zero-order valence-electron chi connectivity index (χ0n) is 58.2. The Morgan fingerprint density at radius 3 is 1.77 bits per heavy atom. The molecule has 2 aliphatic heterocycles. The highest BCUT2D eigenvalue weighted by atomic mass is 35.5. The molecule has 2 heterocycles. The largest absolute Gasteiger partial charge is 0.417 e. The maximum Gasteiger partial charge on any atom is 0.417 e. The number of rotatable bonds is 10. The first-order valence-electron chi connectivity index (χ1n) is 33.4. The lowest BCUT2D eigenvalue weighted by Gasteiger charge is -2.47. The molecule has 99 heavy (non-hydrogen) atoms. The van der Waals surface area contributed by atoms with Crippen LogP contribution in [0.15, 0.2) is 42.5 Å². The van der Waals surface area contributed by atoms with Crippen molar-refractivity contribution in [3.8, 4) is 0 Å². The highest BCUT2D eigenvalue weighted by Gasteiger charge is 2.56. The lowest BCUT2D eigenvalue weighted by atomic mass is 9.74. The summed E-state index contributed by atoms with van der Waals surface area (Å²) in [5.41, 5.74) is -3.86. The molecule has 22 nitrogen and oxygen atoms in total. The zero-order chi connectivity index (χ0) is 74.1. The molecule has 0 aromatic heterocycles. The molecule has 2 aromatic carbocycles. The van der Waals surface area contributed by atoms with E-state index in [1.807, 2.05) is 13.8 Å².